The first kappa shape index (κ1) is 69.0. The van der Waals surface area contributed by atoms with Crippen LogP contribution in [0.2, 0.25) is 0 Å². The number of hydrogen-bond acceptors (Lipinski definition) is 18. The summed E-state index contributed by atoms with van der Waals surface area (Å²) in [6.45, 7) is 12.9. The zero-order valence-electron chi connectivity index (χ0n) is 50.6. The lowest BCUT2D eigenvalue weighted by Crippen LogP contribution is -2.47. The fourth-order valence-electron chi connectivity index (χ4n) is 9.34. The van der Waals surface area contributed by atoms with Crippen LogP contribution in [0.4, 0.5) is 0 Å². The van der Waals surface area contributed by atoms with Crippen molar-refractivity contribution in [1.29, 1.82) is 0 Å². The van der Waals surface area contributed by atoms with Crippen molar-refractivity contribution in [3.63, 3.8) is 0 Å². The number of carbonyl (C=O) groups is 2. The van der Waals surface area contributed by atoms with Gasteiger partial charge in [0, 0.05) is 117 Å². The summed E-state index contributed by atoms with van der Waals surface area (Å²) < 4.78 is 15.9. The molecule has 470 valence electrons. The van der Waals surface area contributed by atoms with Crippen molar-refractivity contribution in [2.75, 3.05) is 66.5 Å². The van der Waals surface area contributed by atoms with Gasteiger partial charge in [-0.1, -0.05) is 74.5 Å². The number of ether oxygens (including phenoxy) is 1. The zero-order valence-corrected chi connectivity index (χ0v) is 57.1. The molecule has 2 fully saturated rings. The molecule has 0 atom stereocenters. The van der Waals surface area contributed by atoms with Gasteiger partial charge in [0.25, 0.3) is 12.4 Å². The van der Waals surface area contributed by atoms with E-state index in [1.807, 2.05) is 104 Å². The fourth-order valence-corrected chi connectivity index (χ4v) is 10.9. The molecule has 0 saturated carbocycles. The monoisotopic (exact) mass is 1570 g/mol. The van der Waals surface area contributed by atoms with Gasteiger partial charge in [0.05, 0.1) is 66.2 Å². The minimum Gasteiger partial charge on any atom is -0.429 e. The Labute approximate surface area is 570 Å². The van der Waals surface area contributed by atoms with Gasteiger partial charge in [-0.3, -0.25) is 42.7 Å². The Morgan fingerprint density at radius 1 is 0.489 bits per heavy atom. The molecular weight excluding hydrogens is 1510 g/mol. The van der Waals surface area contributed by atoms with E-state index in [-0.39, 0.29) is 18.2 Å². The van der Waals surface area contributed by atoms with Gasteiger partial charge < -0.3 is 29.2 Å². The molecule has 0 radical (unpaired) electrons. The number of benzene rings is 4. The molecule has 2 aliphatic rings. The third kappa shape index (κ3) is 19.1. The van der Waals surface area contributed by atoms with Crippen molar-refractivity contribution >= 4 is 115 Å². The molecular formula is C66H63I3N16O7. The normalized spacial score (nSPS) is 12.7. The van der Waals surface area contributed by atoms with Crippen LogP contribution in [0.3, 0.4) is 0 Å². The molecule has 0 unspecified atom stereocenters. The first-order chi connectivity index (χ1) is 44.8. The SMILES string of the molecule is CCc1ccc(-c2cn3c(I)cnc3cn2)cc1.CCc1ccc(-c2cn3ccnc3cn2)cc1.CN1CCN(C(=O)c2ccc(-c3cn4c(I)cnc4cn3)cc2)CC1.CN1CCNCC1.O=C=O.O=C=O.O=COc1ccc(-c2cn3c(I)cnc3cn2)cc1. The summed E-state index contributed by atoms with van der Waals surface area (Å²) in [5, 5.41) is 3.27. The predicted octanol–water partition coefficient (Wildman–Crippen LogP) is 9.80. The number of nitrogens with zero attached hydrogens (tertiary/aromatic N) is 15. The standard InChI is InChI=1S/C18H18IN5O.C14H12IN3.C14H13N3.C13H8IN3O2.C5H12N2.2CO2/c1-22-6-8-23(9-7-22)18(25)14-4-2-13(3-5-14)15-12-24-16(19)10-21-17(24)11-20-15;1-2-10-3-5-11(6-4-10)12-9-18-13(15)7-17-14(18)8-16-12;1-2-11-3-5-12(6-4-11)13-10-17-8-7-15-14(17)9-16-13;14-12-5-16-13-6-15-11(7-17(12)13)9-1-3-10(4-2-9)19-8-18;1-7-4-2-6-3-5-7;2*2-1-3/h2-5,10-12H,6-9H2,1H3;3-9H,2H2,1H3;3-10H,2H2,1H3;1-8H;6H,2-5H2,1H3;;. The third-order valence-corrected chi connectivity index (χ3v) is 16.9. The van der Waals surface area contributed by atoms with E-state index in [1.54, 1.807) is 43.1 Å². The van der Waals surface area contributed by atoms with Crippen LogP contribution >= 0.6 is 67.8 Å². The first-order valence-electron chi connectivity index (χ1n) is 28.9. The van der Waals surface area contributed by atoms with Crippen LogP contribution in [-0.4, -0.2) is 163 Å². The quantitative estimate of drug-likeness (QED) is 0.104. The fraction of sp³-hybridized carbons (Fsp3) is 0.212. The van der Waals surface area contributed by atoms with Crippen LogP contribution in [0.1, 0.15) is 35.3 Å². The molecule has 8 aromatic heterocycles. The highest BCUT2D eigenvalue weighted by Gasteiger charge is 2.20. The molecule has 0 spiro atoms. The second kappa shape index (κ2) is 35.1. The highest BCUT2D eigenvalue weighted by molar-refractivity contribution is 14.1. The first-order valence-corrected chi connectivity index (χ1v) is 32.1. The number of likely N-dealkylation sites (N-methyl/N-ethyl adjacent to an activating group) is 2. The molecule has 10 heterocycles. The Morgan fingerprint density at radius 2 is 0.859 bits per heavy atom. The van der Waals surface area contributed by atoms with Crippen LogP contribution in [0, 0.1) is 11.1 Å². The summed E-state index contributed by atoms with van der Waals surface area (Å²) in [5.74, 6) is 0.615. The lowest BCUT2D eigenvalue weighted by Gasteiger charge is -2.32. The van der Waals surface area contributed by atoms with Crippen molar-refractivity contribution in [1.82, 2.24) is 77.5 Å². The Balaban J connectivity index is 0.000000149. The maximum Gasteiger partial charge on any atom is 0.373 e. The van der Waals surface area contributed by atoms with E-state index in [2.05, 4.69) is 204 Å². The number of hydrogen-bond donors (Lipinski definition) is 1. The van der Waals surface area contributed by atoms with Crippen LogP contribution in [-0.2, 0) is 36.8 Å². The molecule has 1 amide bonds. The Morgan fingerprint density at radius 3 is 1.24 bits per heavy atom. The summed E-state index contributed by atoms with van der Waals surface area (Å²) in [6.07, 6.45) is 26.8. The molecule has 0 bridgehead atoms. The zero-order chi connectivity index (χ0) is 65.4. The average molecular weight is 1570 g/mol. The number of fused-ring (bicyclic) bond motifs is 4. The van der Waals surface area contributed by atoms with Crippen molar-refractivity contribution in [3.8, 4) is 50.8 Å². The van der Waals surface area contributed by atoms with Crippen LogP contribution in [0.5, 0.6) is 5.75 Å². The van der Waals surface area contributed by atoms with Crippen molar-refractivity contribution < 1.29 is 33.5 Å². The molecule has 2 saturated heterocycles. The molecule has 1 N–H and O–H groups in total. The van der Waals surface area contributed by atoms with E-state index in [1.165, 1.54) is 24.2 Å². The molecule has 26 heteroatoms. The Kier molecular flexibility index (Phi) is 26.3. The number of carbonyl (C=O) groups excluding carboxylic acids is 6. The minimum absolute atomic E-state index is 0.104. The lowest BCUT2D eigenvalue weighted by atomic mass is 10.1. The van der Waals surface area contributed by atoms with Crippen molar-refractivity contribution in [3.05, 3.63) is 205 Å². The number of aromatic nitrogens is 12. The van der Waals surface area contributed by atoms with Gasteiger partial charge in [-0.05, 0) is 142 Å². The second-order valence-electron chi connectivity index (χ2n) is 20.4. The highest BCUT2D eigenvalue weighted by atomic mass is 127. The smallest absolute Gasteiger partial charge is 0.373 e. The maximum atomic E-state index is 12.6. The van der Waals surface area contributed by atoms with E-state index in [0.717, 1.165) is 136 Å². The van der Waals surface area contributed by atoms with Crippen molar-refractivity contribution in [2.24, 2.45) is 0 Å². The summed E-state index contributed by atoms with van der Waals surface area (Å²) in [5.41, 5.74) is 14.7. The Bertz CT molecular complexity index is 4390. The molecule has 2 aliphatic heterocycles. The van der Waals surface area contributed by atoms with Crippen LogP contribution < -0.4 is 10.1 Å². The Hall–Kier alpha value is -8.87. The van der Waals surface area contributed by atoms with Gasteiger partial charge in [-0.15, -0.1) is 0 Å². The van der Waals surface area contributed by atoms with E-state index >= 15 is 0 Å². The number of amides is 1. The molecule has 4 aromatic carbocycles. The largest absolute Gasteiger partial charge is 0.429 e. The van der Waals surface area contributed by atoms with E-state index < -0.39 is 0 Å². The van der Waals surface area contributed by atoms with Gasteiger partial charge in [0.15, 0.2) is 22.6 Å². The molecule has 92 heavy (non-hydrogen) atoms. The molecule has 14 rings (SSSR count). The third-order valence-electron chi connectivity index (χ3n) is 14.5. The topological polar surface area (TPSA) is 254 Å². The van der Waals surface area contributed by atoms with Gasteiger partial charge in [-0.2, -0.15) is 19.2 Å². The van der Waals surface area contributed by atoms with E-state index in [4.69, 9.17) is 23.9 Å². The number of imidazole rings is 4. The number of nitrogens with one attached hydrogen (secondary N) is 1. The molecule has 12 aromatic rings. The summed E-state index contributed by atoms with van der Waals surface area (Å²) in [4.78, 5) is 96.5. The summed E-state index contributed by atoms with van der Waals surface area (Å²) >= 11 is 6.74. The van der Waals surface area contributed by atoms with Crippen LogP contribution in [0.25, 0.3) is 67.6 Å². The lowest BCUT2D eigenvalue weighted by molar-refractivity contribution is -0.193. The van der Waals surface area contributed by atoms with Crippen LogP contribution in [0.15, 0.2) is 178 Å². The minimum atomic E-state index is 0.104. The second-order valence-corrected chi connectivity index (χ2v) is 23.8. The number of aryl methyl sites for hydroxylation is 2. The van der Waals surface area contributed by atoms with Gasteiger partial charge >= 0.3 is 12.3 Å². The molecule has 23 nitrogen and oxygen atoms in total. The highest BCUT2D eigenvalue weighted by Crippen LogP contribution is 2.25. The van der Waals surface area contributed by atoms with E-state index in [0.29, 0.717) is 12.2 Å². The predicted molar refractivity (Wildman–Crippen MR) is 371 cm³/mol. The van der Waals surface area contributed by atoms with Gasteiger partial charge in [0.1, 0.15) is 16.9 Å². The summed E-state index contributed by atoms with van der Waals surface area (Å²) in [6, 6.07) is 32.0. The number of rotatable bonds is 9. The summed E-state index contributed by atoms with van der Waals surface area (Å²) in [7, 11) is 4.24. The van der Waals surface area contributed by atoms with Gasteiger partial charge in [-0.25, -0.2) is 19.9 Å². The van der Waals surface area contributed by atoms with Gasteiger partial charge in [0.2, 0.25) is 0 Å². The average Bonchev–Trinajstić information content (AvgIpc) is 2.03. The number of halogens is 3. The van der Waals surface area contributed by atoms with Crippen molar-refractivity contribution in [2.45, 2.75) is 26.7 Å². The number of piperazine rings is 2. The molecule has 0 aliphatic carbocycles. The van der Waals surface area contributed by atoms with E-state index in [9.17, 15) is 9.59 Å². The maximum absolute atomic E-state index is 12.6.